The lowest BCUT2D eigenvalue weighted by atomic mass is 10.1. The lowest BCUT2D eigenvalue weighted by Crippen LogP contribution is -2.05. The number of nitrogens with one attached hydrogen (secondary N) is 1. The molecule has 0 aliphatic rings. The van der Waals surface area contributed by atoms with Crippen LogP contribution in [0.4, 0.5) is 11.4 Å². The monoisotopic (exact) mass is 218 g/mol. The summed E-state index contributed by atoms with van der Waals surface area (Å²) in [4.78, 5) is 10.4. The molecule has 1 N–H and O–H groups in total. The van der Waals surface area contributed by atoms with Gasteiger partial charge in [-0.15, -0.1) is 12.3 Å². The van der Waals surface area contributed by atoms with Crippen LogP contribution in [-0.4, -0.2) is 11.5 Å². The third kappa shape index (κ3) is 2.99. The van der Waals surface area contributed by atoms with Crippen molar-refractivity contribution in [3.8, 4) is 12.3 Å². The Bertz CT molecular complexity index is 422. The Morgan fingerprint density at radius 3 is 2.94 bits per heavy atom. The van der Waals surface area contributed by atoms with Gasteiger partial charge in [-0.05, 0) is 18.9 Å². The topological polar surface area (TPSA) is 55.2 Å². The number of aryl methyl sites for hydroxylation is 1. The van der Waals surface area contributed by atoms with Crippen molar-refractivity contribution >= 4 is 11.4 Å². The SMILES string of the molecule is C#CCCCNc1c(C)cccc1[N+](=O)[O-]. The van der Waals surface area contributed by atoms with Crippen LogP contribution < -0.4 is 5.32 Å². The molecule has 4 heteroatoms. The molecule has 84 valence electrons. The highest BCUT2D eigenvalue weighted by atomic mass is 16.6. The standard InChI is InChI=1S/C12H14N2O2/c1-3-4-5-9-13-12-10(2)7-6-8-11(12)14(15)16/h1,6-8,13H,4-5,9H2,2H3. The largest absolute Gasteiger partial charge is 0.379 e. The van der Waals surface area contributed by atoms with Crippen LogP contribution in [-0.2, 0) is 0 Å². The van der Waals surface area contributed by atoms with Gasteiger partial charge in [0.25, 0.3) is 5.69 Å². The summed E-state index contributed by atoms with van der Waals surface area (Å²) in [5, 5.41) is 13.9. The van der Waals surface area contributed by atoms with Gasteiger partial charge in [0.2, 0.25) is 0 Å². The maximum Gasteiger partial charge on any atom is 0.292 e. The number of nitrogens with zero attached hydrogens (tertiary/aromatic N) is 1. The first-order chi connectivity index (χ1) is 7.66. The molecule has 16 heavy (non-hydrogen) atoms. The molecular weight excluding hydrogens is 204 g/mol. The maximum atomic E-state index is 10.8. The van der Waals surface area contributed by atoms with Crippen LogP contribution in [0.1, 0.15) is 18.4 Å². The summed E-state index contributed by atoms with van der Waals surface area (Å²) in [6.45, 7) is 2.49. The molecule has 0 saturated carbocycles. The van der Waals surface area contributed by atoms with E-state index in [2.05, 4.69) is 11.2 Å². The van der Waals surface area contributed by atoms with Crippen molar-refractivity contribution in [3.63, 3.8) is 0 Å². The van der Waals surface area contributed by atoms with Crippen molar-refractivity contribution in [1.29, 1.82) is 0 Å². The summed E-state index contributed by atoms with van der Waals surface area (Å²) in [7, 11) is 0. The molecule has 0 amide bonds. The Hall–Kier alpha value is -2.02. The van der Waals surface area contributed by atoms with Gasteiger partial charge in [-0.3, -0.25) is 10.1 Å². The highest BCUT2D eigenvalue weighted by Gasteiger charge is 2.14. The van der Waals surface area contributed by atoms with Crippen LogP contribution in [0.5, 0.6) is 0 Å². The van der Waals surface area contributed by atoms with Crippen LogP contribution in [0, 0.1) is 29.4 Å². The van der Waals surface area contributed by atoms with Gasteiger partial charge in [0.15, 0.2) is 0 Å². The Balaban J connectivity index is 2.77. The van der Waals surface area contributed by atoms with Crippen molar-refractivity contribution in [1.82, 2.24) is 0 Å². The van der Waals surface area contributed by atoms with E-state index in [9.17, 15) is 10.1 Å². The summed E-state index contributed by atoms with van der Waals surface area (Å²) < 4.78 is 0. The average Bonchev–Trinajstić information content (AvgIpc) is 2.25. The number of nitro benzene ring substituents is 1. The first kappa shape index (κ1) is 12.1. The summed E-state index contributed by atoms with van der Waals surface area (Å²) >= 11 is 0. The van der Waals surface area contributed by atoms with E-state index in [1.165, 1.54) is 6.07 Å². The minimum Gasteiger partial charge on any atom is -0.379 e. The molecule has 0 saturated heterocycles. The molecule has 0 aromatic heterocycles. The van der Waals surface area contributed by atoms with E-state index in [-0.39, 0.29) is 10.6 Å². The summed E-state index contributed by atoms with van der Waals surface area (Å²) in [6, 6.07) is 5.02. The zero-order valence-electron chi connectivity index (χ0n) is 9.19. The number of hydrogen-bond donors (Lipinski definition) is 1. The lowest BCUT2D eigenvalue weighted by molar-refractivity contribution is -0.384. The maximum absolute atomic E-state index is 10.8. The quantitative estimate of drug-likeness (QED) is 0.358. The predicted molar refractivity (Wildman–Crippen MR) is 64.4 cm³/mol. The van der Waals surface area contributed by atoms with Crippen molar-refractivity contribution in [3.05, 3.63) is 33.9 Å². The van der Waals surface area contributed by atoms with Gasteiger partial charge >= 0.3 is 0 Å². The first-order valence-corrected chi connectivity index (χ1v) is 5.08. The third-order valence-electron chi connectivity index (χ3n) is 2.25. The number of rotatable bonds is 5. The summed E-state index contributed by atoms with van der Waals surface area (Å²) in [5.41, 5.74) is 1.57. The van der Waals surface area contributed by atoms with E-state index < -0.39 is 0 Å². The molecule has 4 nitrogen and oxygen atoms in total. The molecule has 0 aliphatic heterocycles. The number of anilines is 1. The van der Waals surface area contributed by atoms with Crippen LogP contribution in [0.25, 0.3) is 0 Å². The molecule has 0 aliphatic carbocycles. The van der Waals surface area contributed by atoms with Gasteiger partial charge < -0.3 is 5.32 Å². The predicted octanol–water partition coefficient (Wildman–Crippen LogP) is 2.73. The molecule has 1 rings (SSSR count). The molecule has 0 unspecified atom stereocenters. The normalized spacial score (nSPS) is 9.50. The summed E-state index contributed by atoms with van der Waals surface area (Å²) in [6.07, 6.45) is 6.61. The molecule has 1 aromatic carbocycles. The number of para-hydroxylation sites is 1. The van der Waals surface area contributed by atoms with Crippen molar-refractivity contribution in [2.45, 2.75) is 19.8 Å². The van der Waals surface area contributed by atoms with E-state index >= 15 is 0 Å². The van der Waals surface area contributed by atoms with Gasteiger partial charge in [0.1, 0.15) is 5.69 Å². The van der Waals surface area contributed by atoms with Gasteiger partial charge in [0.05, 0.1) is 4.92 Å². The Kier molecular flexibility index (Phi) is 4.34. The van der Waals surface area contributed by atoms with Crippen LogP contribution in [0.2, 0.25) is 0 Å². The molecule has 0 spiro atoms. The number of benzene rings is 1. The number of terminal acetylenes is 1. The fraction of sp³-hybridized carbons (Fsp3) is 0.333. The van der Waals surface area contributed by atoms with Crippen LogP contribution in [0.15, 0.2) is 18.2 Å². The second-order valence-electron chi connectivity index (χ2n) is 3.46. The number of unbranched alkanes of at least 4 members (excludes halogenated alkanes) is 1. The molecule has 0 bridgehead atoms. The highest BCUT2D eigenvalue weighted by molar-refractivity contribution is 5.65. The Morgan fingerprint density at radius 2 is 2.31 bits per heavy atom. The molecule has 0 radical (unpaired) electrons. The second-order valence-corrected chi connectivity index (χ2v) is 3.46. The average molecular weight is 218 g/mol. The molecular formula is C12H14N2O2. The van der Waals surface area contributed by atoms with Crippen LogP contribution in [0.3, 0.4) is 0 Å². The van der Waals surface area contributed by atoms with Gasteiger partial charge in [-0.25, -0.2) is 0 Å². The van der Waals surface area contributed by atoms with Crippen molar-refractivity contribution < 1.29 is 4.92 Å². The number of nitro groups is 1. The zero-order valence-corrected chi connectivity index (χ0v) is 9.19. The fourth-order valence-corrected chi connectivity index (χ4v) is 1.44. The van der Waals surface area contributed by atoms with E-state index in [0.29, 0.717) is 18.7 Å². The Labute approximate surface area is 94.8 Å². The summed E-state index contributed by atoms with van der Waals surface area (Å²) in [5.74, 6) is 2.53. The van der Waals surface area contributed by atoms with Crippen molar-refractivity contribution in [2.24, 2.45) is 0 Å². The highest BCUT2D eigenvalue weighted by Crippen LogP contribution is 2.27. The Morgan fingerprint density at radius 1 is 1.56 bits per heavy atom. The van der Waals surface area contributed by atoms with Gasteiger partial charge in [0, 0.05) is 19.0 Å². The fourth-order valence-electron chi connectivity index (χ4n) is 1.44. The van der Waals surface area contributed by atoms with E-state index in [0.717, 1.165) is 12.0 Å². The minimum absolute atomic E-state index is 0.112. The molecule has 0 atom stereocenters. The second kappa shape index (κ2) is 5.76. The zero-order chi connectivity index (χ0) is 12.0. The lowest BCUT2D eigenvalue weighted by Gasteiger charge is -2.08. The molecule has 1 aromatic rings. The van der Waals surface area contributed by atoms with Gasteiger partial charge in [-0.1, -0.05) is 12.1 Å². The van der Waals surface area contributed by atoms with Gasteiger partial charge in [-0.2, -0.15) is 0 Å². The number of hydrogen-bond acceptors (Lipinski definition) is 3. The van der Waals surface area contributed by atoms with Crippen LogP contribution >= 0.6 is 0 Å². The molecule has 0 fully saturated rings. The van der Waals surface area contributed by atoms with E-state index in [1.807, 2.05) is 13.0 Å². The minimum atomic E-state index is -0.378. The van der Waals surface area contributed by atoms with E-state index in [4.69, 9.17) is 6.42 Å². The smallest absolute Gasteiger partial charge is 0.292 e. The first-order valence-electron chi connectivity index (χ1n) is 5.08. The third-order valence-corrected chi connectivity index (χ3v) is 2.25. The van der Waals surface area contributed by atoms with E-state index in [1.54, 1.807) is 6.07 Å². The van der Waals surface area contributed by atoms with Crippen molar-refractivity contribution in [2.75, 3.05) is 11.9 Å². The molecule has 0 heterocycles.